The minimum absolute atomic E-state index is 0.222. The Morgan fingerprint density at radius 1 is 1.33 bits per heavy atom. The summed E-state index contributed by atoms with van der Waals surface area (Å²) in [5, 5.41) is 5.71. The van der Waals surface area contributed by atoms with Crippen molar-refractivity contribution in [2.24, 2.45) is 0 Å². The quantitative estimate of drug-likeness (QED) is 0.770. The van der Waals surface area contributed by atoms with E-state index in [1.807, 2.05) is 31.3 Å². The summed E-state index contributed by atoms with van der Waals surface area (Å²) in [5.41, 5.74) is 0.287. The Balaban J connectivity index is 1.89. The highest BCUT2D eigenvalue weighted by atomic mass is 16.5. The summed E-state index contributed by atoms with van der Waals surface area (Å²) in [6, 6.07) is 7.35. The van der Waals surface area contributed by atoms with Crippen LogP contribution >= 0.6 is 0 Å². The highest BCUT2D eigenvalue weighted by Gasteiger charge is 2.43. The van der Waals surface area contributed by atoms with Gasteiger partial charge in [-0.15, -0.1) is 0 Å². The summed E-state index contributed by atoms with van der Waals surface area (Å²) in [4.78, 5) is 24.9. The lowest BCUT2D eigenvalue weighted by Gasteiger charge is -2.16. The zero-order valence-electron chi connectivity index (χ0n) is 12.6. The molecule has 0 aliphatic carbocycles. The molecule has 1 aromatic rings. The van der Waals surface area contributed by atoms with Gasteiger partial charge in [-0.1, -0.05) is 12.1 Å². The summed E-state index contributed by atoms with van der Waals surface area (Å²) in [6.45, 7) is 4.66. The van der Waals surface area contributed by atoms with Crippen molar-refractivity contribution in [3.63, 3.8) is 0 Å². The Kier molecular flexibility index (Phi) is 4.47. The van der Waals surface area contributed by atoms with Gasteiger partial charge in [0, 0.05) is 6.54 Å². The predicted octanol–water partition coefficient (Wildman–Crippen LogP) is 1.12. The number of carbonyl (C=O) groups is 2. The molecule has 0 unspecified atom stereocenters. The molecule has 2 N–H and O–H groups in total. The molecule has 1 aliphatic rings. The molecule has 1 fully saturated rings. The Bertz CT molecular complexity index is 543. The number of imide groups is 1. The normalized spacial score (nSPS) is 17.0. The van der Waals surface area contributed by atoms with E-state index in [-0.39, 0.29) is 25.1 Å². The van der Waals surface area contributed by atoms with Gasteiger partial charge in [0.05, 0.1) is 6.54 Å². The topological polar surface area (TPSA) is 70.7 Å². The fourth-order valence-electron chi connectivity index (χ4n) is 2.23. The van der Waals surface area contributed by atoms with E-state index in [2.05, 4.69) is 10.6 Å². The first-order chi connectivity index (χ1) is 9.94. The van der Waals surface area contributed by atoms with Gasteiger partial charge in [-0.3, -0.25) is 9.69 Å². The largest absolute Gasteiger partial charge is 0.492 e. The maximum absolute atomic E-state index is 12.0. The molecule has 1 aliphatic heterocycles. The van der Waals surface area contributed by atoms with Crippen LogP contribution in [0.25, 0.3) is 0 Å². The number of hydrogen-bond donors (Lipinski definition) is 2. The molecule has 1 heterocycles. The highest BCUT2D eigenvalue weighted by molar-refractivity contribution is 6.06. The van der Waals surface area contributed by atoms with Gasteiger partial charge in [0.15, 0.2) is 0 Å². The Morgan fingerprint density at radius 3 is 2.71 bits per heavy atom. The first-order valence-corrected chi connectivity index (χ1v) is 6.94. The number of benzene rings is 1. The van der Waals surface area contributed by atoms with Crippen molar-refractivity contribution < 1.29 is 14.3 Å². The fraction of sp³-hybridized carbons (Fsp3) is 0.467. The summed E-state index contributed by atoms with van der Waals surface area (Å²) in [7, 11) is 1.88. The molecular weight excluding hydrogens is 270 g/mol. The number of nitrogens with one attached hydrogen (secondary N) is 2. The second-order valence-electron chi connectivity index (χ2n) is 5.54. The van der Waals surface area contributed by atoms with E-state index >= 15 is 0 Å². The molecule has 1 aromatic carbocycles. The number of rotatable bonds is 6. The van der Waals surface area contributed by atoms with Crippen LogP contribution in [0.15, 0.2) is 24.3 Å². The number of amides is 3. The van der Waals surface area contributed by atoms with E-state index in [1.54, 1.807) is 13.8 Å². The van der Waals surface area contributed by atoms with Crippen molar-refractivity contribution >= 4 is 11.9 Å². The number of hydrogen-bond acceptors (Lipinski definition) is 4. The summed E-state index contributed by atoms with van der Waals surface area (Å²) in [5.74, 6) is 0.508. The van der Waals surface area contributed by atoms with E-state index in [4.69, 9.17) is 4.74 Å². The van der Waals surface area contributed by atoms with Gasteiger partial charge in [0.25, 0.3) is 5.91 Å². The molecule has 0 saturated carbocycles. The molecule has 0 radical (unpaired) electrons. The van der Waals surface area contributed by atoms with Crippen LogP contribution < -0.4 is 15.4 Å². The average Bonchev–Trinajstić information content (AvgIpc) is 2.61. The lowest BCUT2D eigenvalue weighted by Crippen LogP contribution is -2.40. The fourth-order valence-corrected chi connectivity index (χ4v) is 2.23. The molecule has 3 amide bonds. The minimum atomic E-state index is -0.830. The van der Waals surface area contributed by atoms with Crippen molar-refractivity contribution in [1.29, 1.82) is 0 Å². The first kappa shape index (κ1) is 15.3. The molecule has 2 rings (SSSR count). The summed E-state index contributed by atoms with van der Waals surface area (Å²) < 4.78 is 5.62. The predicted molar refractivity (Wildman–Crippen MR) is 79.0 cm³/mol. The number of ether oxygens (including phenoxy) is 1. The maximum atomic E-state index is 12.0. The molecule has 1 saturated heterocycles. The van der Waals surface area contributed by atoms with Crippen molar-refractivity contribution in [3.8, 4) is 5.75 Å². The van der Waals surface area contributed by atoms with Crippen LogP contribution in [0.3, 0.4) is 0 Å². The highest BCUT2D eigenvalue weighted by Crippen LogP contribution is 2.17. The van der Waals surface area contributed by atoms with Gasteiger partial charge in [0.2, 0.25) is 0 Å². The lowest BCUT2D eigenvalue weighted by molar-refractivity contribution is -0.130. The third-order valence-corrected chi connectivity index (χ3v) is 3.31. The zero-order chi connectivity index (χ0) is 15.5. The monoisotopic (exact) mass is 291 g/mol. The van der Waals surface area contributed by atoms with E-state index < -0.39 is 5.54 Å². The summed E-state index contributed by atoms with van der Waals surface area (Å²) >= 11 is 0. The standard InChI is InChI=1S/C15H21N3O3/c1-15(2)13(19)18(14(20)17-15)7-8-21-12-6-4-5-11(9-12)10-16-3/h4-6,9,16H,7-8,10H2,1-3H3,(H,17,20). The minimum Gasteiger partial charge on any atom is -0.492 e. The van der Waals surface area contributed by atoms with Crippen LogP contribution in [-0.4, -0.2) is 42.6 Å². The molecule has 0 spiro atoms. The van der Waals surface area contributed by atoms with Crippen LogP contribution in [-0.2, 0) is 11.3 Å². The molecule has 0 aromatic heterocycles. The molecule has 0 bridgehead atoms. The van der Waals surface area contributed by atoms with Gasteiger partial charge in [0.1, 0.15) is 17.9 Å². The number of urea groups is 1. The van der Waals surface area contributed by atoms with Crippen molar-refractivity contribution in [2.45, 2.75) is 25.9 Å². The maximum Gasteiger partial charge on any atom is 0.325 e. The van der Waals surface area contributed by atoms with E-state index in [1.165, 1.54) is 4.90 Å². The van der Waals surface area contributed by atoms with E-state index in [0.717, 1.165) is 17.9 Å². The van der Waals surface area contributed by atoms with Crippen LogP contribution in [0.5, 0.6) is 5.75 Å². The van der Waals surface area contributed by atoms with Crippen molar-refractivity contribution in [2.75, 3.05) is 20.2 Å². The van der Waals surface area contributed by atoms with E-state index in [9.17, 15) is 9.59 Å². The zero-order valence-corrected chi connectivity index (χ0v) is 12.6. The Labute approximate surface area is 124 Å². The summed E-state index contributed by atoms with van der Waals surface area (Å²) in [6.07, 6.45) is 0. The third kappa shape index (κ3) is 3.52. The second kappa shape index (κ2) is 6.13. The molecular formula is C15H21N3O3. The SMILES string of the molecule is CNCc1cccc(OCCN2C(=O)NC(C)(C)C2=O)c1. The number of nitrogens with zero attached hydrogens (tertiary/aromatic N) is 1. The van der Waals surface area contributed by atoms with Gasteiger partial charge < -0.3 is 15.4 Å². The molecule has 6 heteroatoms. The lowest BCUT2D eigenvalue weighted by atomic mass is 10.1. The van der Waals surface area contributed by atoms with Crippen LogP contribution in [0.2, 0.25) is 0 Å². The Hall–Kier alpha value is -2.08. The molecule has 0 atom stereocenters. The number of carbonyl (C=O) groups excluding carboxylic acids is 2. The average molecular weight is 291 g/mol. The van der Waals surface area contributed by atoms with Crippen molar-refractivity contribution in [3.05, 3.63) is 29.8 Å². The van der Waals surface area contributed by atoms with Gasteiger partial charge >= 0.3 is 6.03 Å². The smallest absolute Gasteiger partial charge is 0.325 e. The third-order valence-electron chi connectivity index (χ3n) is 3.31. The molecule has 21 heavy (non-hydrogen) atoms. The van der Waals surface area contributed by atoms with Crippen LogP contribution in [0.4, 0.5) is 4.79 Å². The van der Waals surface area contributed by atoms with Crippen molar-refractivity contribution in [1.82, 2.24) is 15.5 Å². The van der Waals surface area contributed by atoms with Gasteiger partial charge in [-0.2, -0.15) is 0 Å². The van der Waals surface area contributed by atoms with Gasteiger partial charge in [-0.05, 0) is 38.6 Å². The second-order valence-corrected chi connectivity index (χ2v) is 5.54. The van der Waals surface area contributed by atoms with Crippen LogP contribution in [0, 0.1) is 0 Å². The Morgan fingerprint density at radius 2 is 2.10 bits per heavy atom. The molecule has 114 valence electrons. The first-order valence-electron chi connectivity index (χ1n) is 6.94. The van der Waals surface area contributed by atoms with Crippen LogP contribution in [0.1, 0.15) is 19.4 Å². The molecule has 6 nitrogen and oxygen atoms in total. The van der Waals surface area contributed by atoms with E-state index in [0.29, 0.717) is 0 Å². The van der Waals surface area contributed by atoms with Gasteiger partial charge in [-0.25, -0.2) is 4.79 Å².